The third-order valence-corrected chi connectivity index (χ3v) is 3.26. The van der Waals surface area contributed by atoms with Crippen molar-refractivity contribution in [2.24, 2.45) is 5.73 Å². The van der Waals surface area contributed by atoms with Crippen molar-refractivity contribution in [3.63, 3.8) is 0 Å². The van der Waals surface area contributed by atoms with Gasteiger partial charge in [0.25, 0.3) is 0 Å². The second kappa shape index (κ2) is 7.98. The zero-order valence-corrected chi connectivity index (χ0v) is 12.5. The van der Waals surface area contributed by atoms with Crippen LogP contribution in [-0.2, 0) is 6.42 Å². The molecule has 0 bridgehead atoms. The molecule has 0 aromatic heterocycles. The van der Waals surface area contributed by atoms with Gasteiger partial charge in [0.1, 0.15) is 11.6 Å². The lowest BCUT2D eigenvalue weighted by molar-refractivity contribution is 0.143. The number of aliphatic hydroxyl groups excluding tert-OH is 1. The predicted molar refractivity (Wildman–Crippen MR) is 83.3 cm³/mol. The Hall–Kier alpha value is -1.62. The normalized spacial score (nSPS) is 13.1. The molecular weight excluding hydrogens is 293 g/mol. The lowest BCUT2D eigenvalue weighted by atomic mass is 9.96. The molecular formula is C16H19ClFNO2. The summed E-state index contributed by atoms with van der Waals surface area (Å²) in [5.41, 5.74) is 7.18. The van der Waals surface area contributed by atoms with Gasteiger partial charge in [0.2, 0.25) is 0 Å². The van der Waals surface area contributed by atoms with Gasteiger partial charge < -0.3 is 15.6 Å². The maximum atomic E-state index is 13.8. The number of hydrogen-bond donors (Lipinski definition) is 2. The number of nitrogens with two attached hydrogens (primary N) is 1. The van der Waals surface area contributed by atoms with E-state index in [4.69, 9.17) is 10.5 Å². The molecule has 2 rings (SSSR count). The minimum Gasteiger partial charge on any atom is -0.497 e. The summed E-state index contributed by atoms with van der Waals surface area (Å²) in [5.74, 6) is 0.0779. The van der Waals surface area contributed by atoms with Gasteiger partial charge in [-0.1, -0.05) is 30.3 Å². The SMILES string of the molecule is COc1ccc(F)c([C@H](N)[C@H](O)Cc2ccccc2)c1.Cl. The average molecular weight is 312 g/mol. The van der Waals surface area contributed by atoms with Gasteiger partial charge in [-0.15, -0.1) is 12.4 Å². The molecule has 5 heteroatoms. The van der Waals surface area contributed by atoms with Crippen molar-refractivity contribution in [2.45, 2.75) is 18.6 Å². The molecule has 21 heavy (non-hydrogen) atoms. The average Bonchev–Trinajstić information content (AvgIpc) is 2.48. The molecule has 0 aliphatic carbocycles. The maximum absolute atomic E-state index is 13.8. The van der Waals surface area contributed by atoms with Crippen molar-refractivity contribution < 1.29 is 14.2 Å². The molecule has 2 aromatic rings. The Balaban J connectivity index is 0.00000220. The van der Waals surface area contributed by atoms with E-state index in [0.29, 0.717) is 12.2 Å². The van der Waals surface area contributed by atoms with Gasteiger partial charge >= 0.3 is 0 Å². The molecule has 0 heterocycles. The molecule has 0 aliphatic heterocycles. The van der Waals surface area contributed by atoms with E-state index in [1.54, 1.807) is 0 Å². The van der Waals surface area contributed by atoms with E-state index in [9.17, 15) is 9.50 Å². The van der Waals surface area contributed by atoms with Gasteiger partial charge in [0, 0.05) is 12.0 Å². The van der Waals surface area contributed by atoms with E-state index in [2.05, 4.69) is 0 Å². The van der Waals surface area contributed by atoms with Gasteiger partial charge in [-0.25, -0.2) is 4.39 Å². The summed E-state index contributed by atoms with van der Waals surface area (Å²) in [7, 11) is 1.50. The van der Waals surface area contributed by atoms with E-state index in [1.807, 2.05) is 30.3 Å². The van der Waals surface area contributed by atoms with Crippen LogP contribution < -0.4 is 10.5 Å². The first-order valence-electron chi connectivity index (χ1n) is 6.43. The Morgan fingerprint density at radius 1 is 1.19 bits per heavy atom. The molecule has 0 amide bonds. The molecule has 0 saturated carbocycles. The first kappa shape index (κ1) is 17.4. The second-order valence-corrected chi connectivity index (χ2v) is 4.67. The minimum absolute atomic E-state index is 0. The summed E-state index contributed by atoms with van der Waals surface area (Å²) < 4.78 is 18.9. The Morgan fingerprint density at radius 3 is 2.48 bits per heavy atom. The highest BCUT2D eigenvalue weighted by Gasteiger charge is 2.21. The van der Waals surface area contributed by atoms with Crippen LogP contribution in [0.4, 0.5) is 4.39 Å². The summed E-state index contributed by atoms with van der Waals surface area (Å²) >= 11 is 0. The Kier molecular flexibility index (Phi) is 6.62. The van der Waals surface area contributed by atoms with E-state index < -0.39 is 18.0 Å². The first-order chi connectivity index (χ1) is 9.61. The number of methoxy groups -OCH3 is 1. The molecule has 114 valence electrons. The molecule has 0 unspecified atom stereocenters. The van der Waals surface area contributed by atoms with E-state index >= 15 is 0 Å². The van der Waals surface area contributed by atoms with E-state index in [-0.39, 0.29) is 18.0 Å². The smallest absolute Gasteiger partial charge is 0.128 e. The van der Waals surface area contributed by atoms with Crippen LogP contribution in [0.25, 0.3) is 0 Å². The van der Waals surface area contributed by atoms with Crippen LogP contribution in [-0.4, -0.2) is 18.3 Å². The highest BCUT2D eigenvalue weighted by atomic mass is 35.5. The van der Waals surface area contributed by atoms with Gasteiger partial charge in [-0.05, 0) is 23.8 Å². The second-order valence-electron chi connectivity index (χ2n) is 4.67. The zero-order valence-electron chi connectivity index (χ0n) is 11.7. The fourth-order valence-corrected chi connectivity index (χ4v) is 2.09. The molecule has 0 spiro atoms. The molecule has 0 aliphatic rings. The molecule has 2 atom stereocenters. The summed E-state index contributed by atoms with van der Waals surface area (Å²) in [6.07, 6.45) is -0.488. The third kappa shape index (κ3) is 4.43. The van der Waals surface area contributed by atoms with Crippen molar-refractivity contribution in [3.05, 3.63) is 65.5 Å². The van der Waals surface area contributed by atoms with Crippen molar-refractivity contribution in [2.75, 3.05) is 7.11 Å². The number of aliphatic hydroxyl groups is 1. The Morgan fingerprint density at radius 2 is 1.86 bits per heavy atom. The monoisotopic (exact) mass is 311 g/mol. The van der Waals surface area contributed by atoms with E-state index in [1.165, 1.54) is 25.3 Å². The zero-order chi connectivity index (χ0) is 14.5. The summed E-state index contributed by atoms with van der Waals surface area (Å²) in [6, 6.07) is 13.0. The summed E-state index contributed by atoms with van der Waals surface area (Å²) in [5, 5.41) is 10.2. The number of benzene rings is 2. The molecule has 0 saturated heterocycles. The number of rotatable bonds is 5. The van der Waals surface area contributed by atoms with Crippen LogP contribution in [0.15, 0.2) is 48.5 Å². The highest BCUT2D eigenvalue weighted by molar-refractivity contribution is 5.85. The quantitative estimate of drug-likeness (QED) is 0.892. The fraction of sp³-hybridized carbons (Fsp3) is 0.250. The van der Waals surface area contributed by atoms with Gasteiger partial charge in [-0.3, -0.25) is 0 Å². The lowest BCUT2D eigenvalue weighted by Crippen LogP contribution is -2.29. The first-order valence-corrected chi connectivity index (χ1v) is 6.43. The van der Waals surface area contributed by atoms with E-state index in [0.717, 1.165) is 5.56 Å². The van der Waals surface area contributed by atoms with Crippen molar-refractivity contribution >= 4 is 12.4 Å². The van der Waals surface area contributed by atoms with Crippen molar-refractivity contribution in [1.29, 1.82) is 0 Å². The molecule has 2 aromatic carbocycles. The van der Waals surface area contributed by atoms with Crippen LogP contribution >= 0.6 is 12.4 Å². The van der Waals surface area contributed by atoms with Crippen LogP contribution in [0.3, 0.4) is 0 Å². The Bertz CT molecular complexity index is 565. The Labute approximate surface area is 130 Å². The highest BCUT2D eigenvalue weighted by Crippen LogP contribution is 2.24. The summed E-state index contributed by atoms with van der Waals surface area (Å²) in [6.45, 7) is 0. The van der Waals surface area contributed by atoms with Crippen LogP contribution in [0.5, 0.6) is 5.75 Å². The van der Waals surface area contributed by atoms with Gasteiger partial charge in [-0.2, -0.15) is 0 Å². The minimum atomic E-state index is -0.862. The summed E-state index contributed by atoms with van der Waals surface area (Å²) in [4.78, 5) is 0. The standard InChI is InChI=1S/C16H18FNO2.ClH/c1-20-12-7-8-14(17)13(10-12)16(18)15(19)9-11-5-3-2-4-6-11;/h2-8,10,15-16,19H,9,18H2,1H3;1H/t15-,16+;/m1./s1. The van der Waals surface area contributed by atoms with Crippen molar-refractivity contribution in [3.8, 4) is 5.75 Å². The molecule has 3 N–H and O–H groups in total. The number of halogens is 2. The number of ether oxygens (including phenoxy) is 1. The number of hydrogen-bond acceptors (Lipinski definition) is 3. The van der Waals surface area contributed by atoms with Crippen LogP contribution in [0.1, 0.15) is 17.2 Å². The van der Waals surface area contributed by atoms with Gasteiger partial charge in [0.15, 0.2) is 0 Å². The topological polar surface area (TPSA) is 55.5 Å². The van der Waals surface area contributed by atoms with Crippen molar-refractivity contribution in [1.82, 2.24) is 0 Å². The fourth-order valence-electron chi connectivity index (χ4n) is 2.09. The van der Waals surface area contributed by atoms with Crippen LogP contribution in [0, 0.1) is 5.82 Å². The molecule has 0 fully saturated rings. The lowest BCUT2D eigenvalue weighted by Gasteiger charge is -2.20. The largest absolute Gasteiger partial charge is 0.497 e. The maximum Gasteiger partial charge on any atom is 0.128 e. The van der Waals surface area contributed by atoms with Crippen LogP contribution in [0.2, 0.25) is 0 Å². The van der Waals surface area contributed by atoms with Gasteiger partial charge in [0.05, 0.1) is 19.3 Å². The molecule has 0 radical (unpaired) electrons. The predicted octanol–water partition coefficient (Wildman–Crippen LogP) is 2.86. The third-order valence-electron chi connectivity index (χ3n) is 3.26. The molecule has 3 nitrogen and oxygen atoms in total.